The van der Waals surface area contributed by atoms with Gasteiger partial charge in [-0.15, -0.1) is 0 Å². The van der Waals surface area contributed by atoms with Crippen LogP contribution < -0.4 is 18.3 Å². The summed E-state index contributed by atoms with van der Waals surface area (Å²) in [5, 5.41) is 4.36. The summed E-state index contributed by atoms with van der Waals surface area (Å²) < 4.78 is 22.5. The smallest absolute Gasteiger partial charge is 0.235 e. The van der Waals surface area contributed by atoms with Crippen LogP contribution in [-0.4, -0.2) is 39.9 Å². The van der Waals surface area contributed by atoms with Gasteiger partial charge in [0.05, 0.1) is 81.8 Å². The molecule has 0 amide bonds. The second-order valence-corrected chi connectivity index (χ2v) is 37.6. The minimum Gasteiger partial charge on any atom is -0.437 e. The second-order valence-electron chi connectivity index (χ2n) is 37.6. The minimum absolute atomic E-state index is 0.126. The Kier molecular flexibility index (Phi) is 17.7. The molecule has 4 atom stereocenters. The van der Waals surface area contributed by atoms with E-state index >= 15 is 0 Å². The van der Waals surface area contributed by atoms with Crippen molar-refractivity contribution in [3.8, 4) is 45.0 Å². The lowest BCUT2D eigenvalue weighted by molar-refractivity contribution is -0.670. The fourth-order valence-corrected chi connectivity index (χ4v) is 24.5. The van der Waals surface area contributed by atoms with Gasteiger partial charge in [-0.05, 0) is 230 Å². The van der Waals surface area contributed by atoms with Crippen LogP contribution in [0.4, 0.5) is 0 Å². The summed E-state index contributed by atoms with van der Waals surface area (Å²) in [4.78, 5) is 38.9. The van der Waals surface area contributed by atoms with E-state index in [0.29, 0.717) is 11.4 Å². The molecular formula is C118H96N12O2+4. The van der Waals surface area contributed by atoms with Gasteiger partial charge in [-0.25, -0.2) is 19.9 Å². The number of fused-ring (bicyclic) bond motifs is 6. The Balaban J connectivity index is 0.0000000952. The third-order valence-electron chi connectivity index (χ3n) is 30.5. The molecule has 32 rings (SSSR count). The molecule has 12 aliphatic rings. The fraction of sp³-hybridized carbons (Fsp3) is 0.186. The first-order valence-corrected chi connectivity index (χ1v) is 46.1. The van der Waals surface area contributed by atoms with Crippen molar-refractivity contribution in [2.45, 2.75) is 117 Å². The highest BCUT2D eigenvalue weighted by Gasteiger charge is 2.53. The number of rotatable bonds is 4. The SMILES string of the molecule is Cc1cc(C)c(C)c(-c2ccc3c([n+]2C)C2c4ccccc4C3c3nccnc32)c1.Cc1ccc2c(n1)oc1c(-c3cnc4c([n+]3C)C3c5ccccc5C4c4ccccc43)c(C)c(C)cc12.Cc1ccc2c(n1)oc1c(-c3cnc4c([n+]3C)C3c5ccccc5C4c4ccccc43)c(C)cc(C)c12.Cc1ccccc1-c1ccc2c([n+]1C)C1c3ccccc3C2c2nccnc21. The summed E-state index contributed by atoms with van der Waals surface area (Å²) >= 11 is 0. The van der Waals surface area contributed by atoms with Crippen LogP contribution in [-0.2, 0) is 28.2 Å². The maximum atomic E-state index is 6.50. The summed E-state index contributed by atoms with van der Waals surface area (Å²) in [5.74, 6) is 1.21. The predicted octanol–water partition coefficient (Wildman–Crippen LogP) is 22.7. The Morgan fingerprint density at radius 2 is 0.621 bits per heavy atom. The van der Waals surface area contributed by atoms with Crippen LogP contribution in [0.25, 0.3) is 89.2 Å². The molecule has 4 unspecified atom stereocenters. The van der Waals surface area contributed by atoms with Gasteiger partial charge in [-0.1, -0.05) is 181 Å². The quantitative estimate of drug-likeness (QED) is 0.156. The first kappa shape index (κ1) is 78.9. The predicted molar refractivity (Wildman–Crippen MR) is 516 cm³/mol. The minimum atomic E-state index is 0.126. The molecule has 0 N–H and O–H groups in total. The third kappa shape index (κ3) is 11.3. The fourth-order valence-electron chi connectivity index (χ4n) is 24.5. The highest BCUT2D eigenvalue weighted by Crippen LogP contribution is 2.59. The van der Waals surface area contributed by atoms with Gasteiger partial charge in [0, 0.05) is 92.1 Å². The average molecular weight is 1710 g/mol. The lowest BCUT2D eigenvalue weighted by atomic mass is 9.64. The number of hydrogen-bond donors (Lipinski definition) is 0. The second kappa shape index (κ2) is 29.6. The molecule has 0 spiro atoms. The summed E-state index contributed by atoms with van der Waals surface area (Å²) in [7, 11) is 8.79. The molecule has 0 aliphatic heterocycles. The van der Waals surface area contributed by atoms with Crippen LogP contribution >= 0.6 is 0 Å². The van der Waals surface area contributed by atoms with Crippen LogP contribution in [0.5, 0.6) is 0 Å². The van der Waals surface area contributed by atoms with Crippen molar-refractivity contribution in [1.29, 1.82) is 0 Å². The van der Waals surface area contributed by atoms with Crippen molar-refractivity contribution in [2.75, 3.05) is 0 Å². The molecule has 10 heterocycles. The molecular weight excluding hydrogens is 1620 g/mol. The van der Waals surface area contributed by atoms with Crippen molar-refractivity contribution in [2.24, 2.45) is 28.2 Å². The topological polar surface area (TPSA) is 145 Å². The van der Waals surface area contributed by atoms with Crippen LogP contribution in [0.2, 0.25) is 0 Å². The van der Waals surface area contributed by atoms with Crippen molar-refractivity contribution in [1.82, 2.24) is 39.9 Å². The zero-order valence-corrected chi connectivity index (χ0v) is 76.4. The molecule has 0 radical (unpaired) electrons. The number of furan rings is 2. The van der Waals surface area contributed by atoms with E-state index in [-0.39, 0.29) is 47.3 Å². The van der Waals surface area contributed by atoms with Gasteiger partial charge in [0.1, 0.15) is 51.4 Å². The van der Waals surface area contributed by atoms with Crippen molar-refractivity contribution >= 4 is 44.1 Å². The van der Waals surface area contributed by atoms with Gasteiger partial charge < -0.3 is 8.83 Å². The van der Waals surface area contributed by atoms with Crippen LogP contribution in [0, 0.1) is 69.2 Å². The lowest BCUT2D eigenvalue weighted by Crippen LogP contribution is -2.45. The molecule has 10 aromatic heterocycles. The molecule has 0 saturated heterocycles. The molecule has 636 valence electrons. The first-order valence-electron chi connectivity index (χ1n) is 46.1. The van der Waals surface area contributed by atoms with Crippen molar-refractivity contribution in [3.63, 3.8) is 0 Å². The zero-order valence-electron chi connectivity index (χ0n) is 76.4. The number of benzene rings is 10. The average Bonchev–Trinajstić information content (AvgIpc) is 0.865. The Labute approximate surface area is 766 Å². The number of aromatic nitrogens is 12. The molecule has 14 heteroatoms. The van der Waals surface area contributed by atoms with E-state index in [4.69, 9.17) is 48.7 Å². The van der Waals surface area contributed by atoms with E-state index in [2.05, 4.69) is 351 Å². The van der Waals surface area contributed by atoms with Gasteiger partial charge >= 0.3 is 0 Å². The highest BCUT2D eigenvalue weighted by atomic mass is 16.3. The van der Waals surface area contributed by atoms with E-state index in [9.17, 15) is 0 Å². The molecule has 12 aliphatic carbocycles. The van der Waals surface area contributed by atoms with E-state index < -0.39 is 0 Å². The Morgan fingerprint density at radius 1 is 0.250 bits per heavy atom. The van der Waals surface area contributed by atoms with Crippen LogP contribution in [0.1, 0.15) is 238 Å². The summed E-state index contributed by atoms with van der Waals surface area (Å²) in [6.07, 6.45) is 11.4. The largest absolute Gasteiger partial charge is 0.437 e. The van der Waals surface area contributed by atoms with Crippen LogP contribution in [0.15, 0.2) is 289 Å². The summed E-state index contributed by atoms with van der Waals surface area (Å²) in [5.41, 5.74) is 55.9. The van der Waals surface area contributed by atoms with E-state index in [1.165, 1.54) is 168 Å². The first-order chi connectivity index (χ1) is 64.4. The molecule has 20 aromatic rings. The molecule has 0 fully saturated rings. The number of nitrogens with zero attached hydrogens (tertiary/aromatic N) is 12. The molecule has 14 nitrogen and oxygen atoms in total. The van der Waals surface area contributed by atoms with Gasteiger partial charge in [0.25, 0.3) is 0 Å². The Hall–Kier alpha value is -15.3. The van der Waals surface area contributed by atoms with Gasteiger partial charge in [0.15, 0.2) is 22.6 Å². The molecule has 0 saturated carbocycles. The maximum Gasteiger partial charge on any atom is 0.235 e. The molecule has 8 bridgehead atoms. The van der Waals surface area contributed by atoms with Crippen molar-refractivity contribution in [3.05, 3.63) is 471 Å². The molecule has 132 heavy (non-hydrogen) atoms. The van der Waals surface area contributed by atoms with E-state index in [0.717, 1.165) is 101 Å². The van der Waals surface area contributed by atoms with Gasteiger partial charge in [-0.3, -0.25) is 19.9 Å². The lowest BCUT2D eigenvalue weighted by Gasteiger charge is -2.38. The summed E-state index contributed by atoms with van der Waals surface area (Å²) in [6, 6.07) is 88.4. The van der Waals surface area contributed by atoms with Gasteiger partial charge in [-0.2, -0.15) is 18.3 Å². The van der Waals surface area contributed by atoms with E-state index in [1.807, 2.05) is 44.8 Å². The Morgan fingerprint density at radius 3 is 1.08 bits per heavy atom. The monoisotopic (exact) mass is 1710 g/mol. The van der Waals surface area contributed by atoms with Gasteiger partial charge in [0.2, 0.25) is 45.6 Å². The normalized spacial score (nSPS) is 17.6. The maximum absolute atomic E-state index is 6.50. The van der Waals surface area contributed by atoms with E-state index in [1.54, 1.807) is 0 Å². The molecule has 10 aromatic carbocycles. The third-order valence-corrected chi connectivity index (χ3v) is 30.5. The van der Waals surface area contributed by atoms with Crippen LogP contribution in [0.3, 0.4) is 0 Å². The standard InChI is InChI=1S/2C33H26N3O.C27H24N3.C25H20N3/c1-17-15-18(2)27(32-26(17)24-14-13-19(3)35-33(24)37-32)25-16-34-30-28-20-9-5-7-11-22(20)29(31(30)36(25)4)23-12-8-6-10-21(23)28;1-17-15-25-24-14-13-18(2)35-33(24)37-32(25)27(19(17)3)26-16-34-30-28-20-9-5-7-11-22(20)29(31(30)36(26)4)23-12-8-6-10-21(23)28;1-15-13-16(2)17(3)21(14-15)22-10-9-20-23-18-7-5-6-8-19(18)24(27(20)30(22)4)26-25(23)28-11-12-29-26;1-15-7-3-4-8-16(15)20-12-11-19-21-17-9-5-6-10-18(17)22(25(19)28(20)2)24-23(21)26-13-14-27-24/h2*5-16,28-29H,1-4H3;5-14,23-24H,1-4H3;3-14,21-22H,1-2H3/q4*+1. The number of pyridine rings is 4. The Bertz CT molecular complexity index is 8250. The summed E-state index contributed by atoms with van der Waals surface area (Å²) in [6.45, 7) is 21.5. The number of aryl methyl sites for hydroxylation is 8. The number of hydrogen-bond acceptors (Lipinski definition) is 10. The highest BCUT2D eigenvalue weighted by molar-refractivity contribution is 6.11. The zero-order chi connectivity index (χ0) is 89.4. The van der Waals surface area contributed by atoms with Crippen molar-refractivity contribution < 1.29 is 27.1 Å².